The fourth-order valence-corrected chi connectivity index (χ4v) is 1.96. The summed E-state index contributed by atoms with van der Waals surface area (Å²) in [5.41, 5.74) is 6.54. The van der Waals surface area contributed by atoms with Crippen molar-refractivity contribution >= 4 is 23.2 Å². The van der Waals surface area contributed by atoms with E-state index in [9.17, 15) is 4.79 Å². The Labute approximate surface area is 128 Å². The number of nitrogens with two attached hydrogens (primary N) is 1. The first-order valence-corrected chi connectivity index (χ1v) is 6.98. The highest BCUT2D eigenvalue weighted by Crippen LogP contribution is 2.17. The molecule has 0 bridgehead atoms. The lowest BCUT2D eigenvalue weighted by Crippen LogP contribution is -2.26. The molecule has 0 aliphatic heterocycles. The number of ether oxygens (including phenoxy) is 1. The number of hydrogen-bond donors (Lipinski definition) is 2. The first kappa shape index (κ1) is 15.4. The number of nitrogen functional groups attached to an aromatic ring is 1. The Morgan fingerprint density at radius 3 is 2.95 bits per heavy atom. The normalized spacial score (nSPS) is 10.5. The molecule has 0 atom stereocenters. The summed E-state index contributed by atoms with van der Waals surface area (Å²) in [6.45, 7) is 1.49. The molecule has 0 fully saturated rings. The summed E-state index contributed by atoms with van der Waals surface area (Å²) in [5, 5.41) is 3.30. The third kappa shape index (κ3) is 4.81. The third-order valence-corrected chi connectivity index (χ3v) is 3.07. The third-order valence-electron chi connectivity index (χ3n) is 2.83. The van der Waals surface area contributed by atoms with E-state index in [1.165, 1.54) is 0 Å². The van der Waals surface area contributed by atoms with Gasteiger partial charge in [-0.2, -0.15) is 0 Å². The van der Waals surface area contributed by atoms with Crippen LogP contribution >= 0.6 is 11.6 Å². The molecule has 21 heavy (non-hydrogen) atoms. The zero-order valence-corrected chi connectivity index (χ0v) is 12.2. The summed E-state index contributed by atoms with van der Waals surface area (Å²) < 4.78 is 10.6. The number of rotatable bonds is 7. The van der Waals surface area contributed by atoms with Crippen LogP contribution in [0.4, 0.5) is 5.69 Å². The molecule has 0 aliphatic carbocycles. The minimum absolute atomic E-state index is 0.213. The summed E-state index contributed by atoms with van der Waals surface area (Å²) in [4.78, 5) is 11.9. The monoisotopic (exact) mass is 308 g/mol. The summed E-state index contributed by atoms with van der Waals surface area (Å²) in [6, 6.07) is 8.48. The first-order valence-electron chi connectivity index (χ1n) is 6.60. The predicted molar refractivity (Wildman–Crippen MR) is 81.2 cm³/mol. The van der Waals surface area contributed by atoms with Crippen LogP contribution in [0.3, 0.4) is 0 Å². The Bertz CT molecular complexity index is 585. The van der Waals surface area contributed by atoms with Crippen molar-refractivity contribution in [2.45, 2.75) is 13.0 Å². The number of furan rings is 1. The van der Waals surface area contributed by atoms with Crippen molar-refractivity contribution in [3.63, 3.8) is 0 Å². The number of carbonyl (C=O) groups is 1. The predicted octanol–water partition coefficient (Wildman–Crippen LogP) is 2.85. The van der Waals surface area contributed by atoms with Gasteiger partial charge in [-0.25, -0.2) is 0 Å². The van der Waals surface area contributed by atoms with Crippen LogP contribution in [0.1, 0.15) is 22.5 Å². The van der Waals surface area contributed by atoms with Gasteiger partial charge in [0.2, 0.25) is 0 Å². The maximum Gasteiger partial charge on any atom is 0.253 e. The smallest absolute Gasteiger partial charge is 0.253 e. The molecule has 0 radical (unpaired) electrons. The van der Waals surface area contributed by atoms with Crippen molar-refractivity contribution in [2.75, 3.05) is 18.9 Å². The lowest BCUT2D eigenvalue weighted by molar-refractivity contribution is 0.0918. The molecular formula is C15H17ClN2O3. The van der Waals surface area contributed by atoms with Gasteiger partial charge in [0.05, 0.1) is 11.8 Å². The topological polar surface area (TPSA) is 77.5 Å². The van der Waals surface area contributed by atoms with Crippen molar-refractivity contribution in [1.82, 2.24) is 5.32 Å². The number of benzene rings is 1. The Morgan fingerprint density at radius 2 is 2.24 bits per heavy atom. The Balaban J connectivity index is 1.65. The maximum atomic E-state index is 11.9. The van der Waals surface area contributed by atoms with Gasteiger partial charge in [-0.15, -0.1) is 0 Å². The highest BCUT2D eigenvalue weighted by molar-refractivity contribution is 6.31. The fourth-order valence-electron chi connectivity index (χ4n) is 1.78. The van der Waals surface area contributed by atoms with Crippen LogP contribution in [0, 0.1) is 0 Å². The summed E-state index contributed by atoms with van der Waals surface area (Å²) in [6.07, 6.45) is 2.31. The molecule has 1 aromatic heterocycles. The zero-order valence-electron chi connectivity index (χ0n) is 11.5. The van der Waals surface area contributed by atoms with Crippen molar-refractivity contribution in [3.8, 4) is 0 Å². The number of carbonyl (C=O) groups excluding carboxylic acids is 1. The molecule has 112 valence electrons. The van der Waals surface area contributed by atoms with Crippen LogP contribution in [0.15, 0.2) is 41.0 Å². The fraction of sp³-hybridized carbons (Fsp3) is 0.267. The van der Waals surface area contributed by atoms with E-state index in [4.69, 9.17) is 26.5 Å². The van der Waals surface area contributed by atoms with Crippen LogP contribution < -0.4 is 11.1 Å². The van der Waals surface area contributed by atoms with Crippen molar-refractivity contribution in [3.05, 3.63) is 52.9 Å². The zero-order chi connectivity index (χ0) is 15.1. The average Bonchev–Trinajstić information content (AvgIpc) is 2.95. The second-order valence-corrected chi connectivity index (χ2v) is 4.91. The van der Waals surface area contributed by atoms with E-state index in [1.807, 2.05) is 12.1 Å². The van der Waals surface area contributed by atoms with E-state index in [0.717, 1.165) is 5.76 Å². The molecule has 2 aromatic rings. The van der Waals surface area contributed by atoms with Gasteiger partial charge in [0, 0.05) is 23.9 Å². The lowest BCUT2D eigenvalue weighted by atomic mass is 10.1. The minimum atomic E-state index is -0.213. The highest BCUT2D eigenvalue weighted by atomic mass is 35.5. The molecule has 1 aromatic carbocycles. The quantitative estimate of drug-likeness (QED) is 0.609. The van der Waals surface area contributed by atoms with Crippen molar-refractivity contribution in [2.24, 2.45) is 0 Å². The van der Waals surface area contributed by atoms with Gasteiger partial charge in [-0.05, 0) is 36.8 Å². The van der Waals surface area contributed by atoms with Crippen molar-refractivity contribution < 1.29 is 13.9 Å². The Hall–Kier alpha value is -1.98. The Kier molecular flexibility index (Phi) is 5.66. The second-order valence-electron chi connectivity index (χ2n) is 4.47. The molecule has 2 rings (SSSR count). The van der Waals surface area contributed by atoms with Crippen LogP contribution in [0.5, 0.6) is 0 Å². The van der Waals surface area contributed by atoms with Crippen LogP contribution in [-0.2, 0) is 11.3 Å². The van der Waals surface area contributed by atoms with Crippen LogP contribution in [0.2, 0.25) is 5.02 Å². The van der Waals surface area contributed by atoms with Crippen LogP contribution in [0.25, 0.3) is 0 Å². The van der Waals surface area contributed by atoms with Gasteiger partial charge in [-0.1, -0.05) is 11.6 Å². The molecule has 6 heteroatoms. The lowest BCUT2D eigenvalue weighted by Gasteiger charge is -2.08. The number of hydrogen-bond acceptors (Lipinski definition) is 4. The summed E-state index contributed by atoms with van der Waals surface area (Å²) in [7, 11) is 0. The van der Waals surface area contributed by atoms with Gasteiger partial charge < -0.3 is 20.2 Å². The minimum Gasteiger partial charge on any atom is -0.467 e. The van der Waals surface area contributed by atoms with E-state index in [-0.39, 0.29) is 5.91 Å². The highest BCUT2D eigenvalue weighted by Gasteiger charge is 2.09. The van der Waals surface area contributed by atoms with E-state index >= 15 is 0 Å². The van der Waals surface area contributed by atoms with Crippen molar-refractivity contribution in [1.29, 1.82) is 0 Å². The van der Waals surface area contributed by atoms with E-state index in [1.54, 1.807) is 24.5 Å². The number of halogens is 1. The molecule has 0 unspecified atom stereocenters. The molecule has 3 N–H and O–H groups in total. The van der Waals surface area contributed by atoms with Gasteiger partial charge in [0.15, 0.2) is 0 Å². The summed E-state index contributed by atoms with van der Waals surface area (Å²) in [5.74, 6) is 0.572. The maximum absolute atomic E-state index is 11.9. The largest absolute Gasteiger partial charge is 0.467 e. The molecule has 1 amide bonds. The molecule has 0 saturated heterocycles. The van der Waals surface area contributed by atoms with E-state index in [0.29, 0.717) is 42.5 Å². The van der Waals surface area contributed by atoms with Gasteiger partial charge in [0.1, 0.15) is 12.4 Å². The number of anilines is 1. The molecule has 0 spiro atoms. The number of nitrogens with one attached hydrogen (secondary N) is 1. The summed E-state index contributed by atoms with van der Waals surface area (Å²) >= 11 is 5.79. The molecular weight excluding hydrogens is 292 g/mol. The second kappa shape index (κ2) is 7.71. The van der Waals surface area contributed by atoms with Gasteiger partial charge >= 0.3 is 0 Å². The molecule has 1 heterocycles. The van der Waals surface area contributed by atoms with Gasteiger partial charge in [-0.3, -0.25) is 4.79 Å². The molecule has 0 saturated carbocycles. The van der Waals surface area contributed by atoms with E-state index < -0.39 is 0 Å². The van der Waals surface area contributed by atoms with Gasteiger partial charge in [0.25, 0.3) is 5.91 Å². The average molecular weight is 309 g/mol. The van der Waals surface area contributed by atoms with Crippen LogP contribution in [-0.4, -0.2) is 19.1 Å². The van der Waals surface area contributed by atoms with E-state index in [2.05, 4.69) is 5.32 Å². The SMILES string of the molecule is Nc1cc(Cl)ccc1C(=O)NCCCOCc1ccco1. The Morgan fingerprint density at radius 1 is 1.38 bits per heavy atom. The molecule has 5 nitrogen and oxygen atoms in total. The number of amides is 1. The first-order chi connectivity index (χ1) is 10.2. The molecule has 0 aliphatic rings. The standard InChI is InChI=1S/C15H17ClN2O3/c16-11-4-5-13(14(17)9-11)15(19)18-6-2-7-20-10-12-3-1-8-21-12/h1,3-5,8-9H,2,6-7,10,17H2,(H,18,19).